The van der Waals surface area contributed by atoms with Crippen LogP contribution in [-0.2, 0) is 9.53 Å². The van der Waals surface area contributed by atoms with Gasteiger partial charge in [-0.25, -0.2) is 0 Å². The zero-order chi connectivity index (χ0) is 17.5. The first-order valence-electron chi connectivity index (χ1n) is 9.43. The minimum absolute atomic E-state index is 0.0752. The number of carbonyl (C=O) groups is 1. The fourth-order valence-electron chi connectivity index (χ4n) is 3.38. The van der Waals surface area contributed by atoms with E-state index in [1.54, 1.807) is 6.42 Å². The average molecular weight is 326 g/mol. The quantitative estimate of drug-likeness (QED) is 0.645. The van der Waals surface area contributed by atoms with Gasteiger partial charge < -0.3 is 9.84 Å². The van der Waals surface area contributed by atoms with Crippen LogP contribution in [0.15, 0.2) is 0 Å². The molecule has 3 heteroatoms. The molecular weight excluding hydrogens is 288 g/mol. The lowest BCUT2D eigenvalue weighted by atomic mass is 9.82. The van der Waals surface area contributed by atoms with E-state index in [0.29, 0.717) is 12.3 Å². The van der Waals surface area contributed by atoms with Gasteiger partial charge in [-0.1, -0.05) is 46.0 Å². The third-order valence-electron chi connectivity index (χ3n) is 4.79. The highest BCUT2D eigenvalue weighted by atomic mass is 16.6. The maximum atomic E-state index is 12.0. The summed E-state index contributed by atoms with van der Waals surface area (Å²) in [6.07, 6.45) is 10.7. The predicted molar refractivity (Wildman–Crippen MR) is 94.9 cm³/mol. The van der Waals surface area contributed by atoms with E-state index in [-0.39, 0.29) is 18.0 Å². The highest BCUT2D eigenvalue weighted by molar-refractivity contribution is 5.79. The fourth-order valence-corrected chi connectivity index (χ4v) is 3.38. The Morgan fingerprint density at radius 3 is 2.35 bits per heavy atom. The maximum Gasteiger partial charge on any atom is 0.310 e. The molecule has 0 unspecified atom stereocenters. The third-order valence-corrected chi connectivity index (χ3v) is 4.79. The summed E-state index contributed by atoms with van der Waals surface area (Å²) in [6, 6.07) is 0. The van der Waals surface area contributed by atoms with Crippen molar-refractivity contribution in [1.29, 1.82) is 0 Å². The zero-order valence-electron chi connectivity index (χ0n) is 15.8. The Balaban J connectivity index is 2.37. The topological polar surface area (TPSA) is 46.5 Å². The molecule has 1 fully saturated rings. The molecule has 0 aromatic rings. The van der Waals surface area contributed by atoms with Crippen molar-refractivity contribution in [2.45, 2.75) is 97.7 Å². The summed E-state index contributed by atoms with van der Waals surface area (Å²) in [5.41, 5.74) is -0.464. The molecule has 1 saturated carbocycles. The standard InChI is InChI=1S/C20H37O3/c1-15(2)17(14-19(22)23-20(3,4)5)13-18(21)12-11-16-9-7-6-8-10-16/h14-18,21H,6-13H2,1-5H3/t17-,18+/m1/s1. The molecule has 1 N–H and O–H groups in total. The molecule has 23 heavy (non-hydrogen) atoms. The Morgan fingerprint density at radius 1 is 1.22 bits per heavy atom. The van der Waals surface area contributed by atoms with Gasteiger partial charge in [-0.2, -0.15) is 0 Å². The molecule has 3 nitrogen and oxygen atoms in total. The van der Waals surface area contributed by atoms with Crippen molar-refractivity contribution in [3.05, 3.63) is 6.42 Å². The molecule has 0 aromatic heterocycles. The van der Waals surface area contributed by atoms with E-state index in [0.717, 1.165) is 18.8 Å². The highest BCUT2D eigenvalue weighted by Crippen LogP contribution is 2.29. The number of hydrogen-bond acceptors (Lipinski definition) is 3. The molecule has 0 heterocycles. The molecule has 135 valence electrons. The van der Waals surface area contributed by atoms with Crippen LogP contribution in [0.4, 0.5) is 0 Å². The van der Waals surface area contributed by atoms with Crippen LogP contribution in [-0.4, -0.2) is 22.8 Å². The van der Waals surface area contributed by atoms with Crippen molar-refractivity contribution < 1.29 is 14.6 Å². The second-order valence-electron chi connectivity index (χ2n) is 8.58. The van der Waals surface area contributed by atoms with E-state index in [1.165, 1.54) is 32.1 Å². The fraction of sp³-hybridized carbons (Fsp3) is 0.900. The monoisotopic (exact) mass is 325 g/mol. The molecule has 1 aliphatic carbocycles. The van der Waals surface area contributed by atoms with Crippen molar-refractivity contribution in [3.8, 4) is 0 Å². The molecule has 0 aliphatic heterocycles. The summed E-state index contributed by atoms with van der Waals surface area (Å²) in [6.45, 7) is 9.82. The van der Waals surface area contributed by atoms with Crippen LogP contribution in [0.2, 0.25) is 0 Å². The molecule has 1 rings (SSSR count). The molecule has 2 atom stereocenters. The smallest absolute Gasteiger partial charge is 0.310 e. The molecule has 0 spiro atoms. The van der Waals surface area contributed by atoms with Crippen LogP contribution in [0.1, 0.15) is 86.0 Å². The average Bonchev–Trinajstić information content (AvgIpc) is 2.43. The number of carbonyl (C=O) groups excluding carboxylic acids is 1. The summed E-state index contributed by atoms with van der Waals surface area (Å²) in [7, 11) is 0. The van der Waals surface area contributed by atoms with Gasteiger partial charge >= 0.3 is 5.97 Å². The van der Waals surface area contributed by atoms with Crippen LogP contribution < -0.4 is 0 Å². The SMILES string of the molecule is CC(C)[C@@H]([CH]C(=O)OC(C)(C)C)C[C@@H](O)CCC1CCCCC1. The maximum absolute atomic E-state index is 12.0. The Kier molecular flexibility index (Phi) is 8.60. The molecular formula is C20H37O3. The number of aliphatic hydroxyl groups is 1. The molecule has 0 bridgehead atoms. The van der Waals surface area contributed by atoms with Gasteiger partial charge in [0, 0.05) is 0 Å². The van der Waals surface area contributed by atoms with Crippen molar-refractivity contribution in [2.75, 3.05) is 0 Å². The van der Waals surface area contributed by atoms with Crippen molar-refractivity contribution in [2.24, 2.45) is 17.8 Å². The number of hydrogen-bond donors (Lipinski definition) is 1. The Hall–Kier alpha value is -0.570. The second-order valence-corrected chi connectivity index (χ2v) is 8.58. The molecule has 0 saturated heterocycles. The third kappa shape index (κ3) is 9.34. The van der Waals surface area contributed by atoms with E-state index < -0.39 is 5.60 Å². The van der Waals surface area contributed by atoms with Crippen LogP contribution in [0.25, 0.3) is 0 Å². The van der Waals surface area contributed by atoms with Gasteiger partial charge in [0.15, 0.2) is 0 Å². The summed E-state index contributed by atoms with van der Waals surface area (Å²) in [5.74, 6) is 0.930. The van der Waals surface area contributed by atoms with E-state index >= 15 is 0 Å². The van der Waals surface area contributed by atoms with Crippen LogP contribution in [0.5, 0.6) is 0 Å². The Morgan fingerprint density at radius 2 is 1.83 bits per heavy atom. The first kappa shape index (κ1) is 20.5. The second kappa shape index (κ2) is 9.66. The minimum Gasteiger partial charge on any atom is -0.460 e. The minimum atomic E-state index is -0.464. The lowest BCUT2D eigenvalue weighted by molar-refractivity contribution is -0.151. The number of ether oxygens (including phenoxy) is 1. The van der Waals surface area contributed by atoms with Crippen molar-refractivity contribution >= 4 is 5.97 Å². The lowest BCUT2D eigenvalue weighted by Gasteiger charge is -2.27. The highest BCUT2D eigenvalue weighted by Gasteiger charge is 2.25. The van der Waals surface area contributed by atoms with Gasteiger partial charge in [0.25, 0.3) is 0 Å². The largest absolute Gasteiger partial charge is 0.460 e. The molecule has 0 aromatic carbocycles. The zero-order valence-corrected chi connectivity index (χ0v) is 15.8. The number of esters is 1. The van der Waals surface area contributed by atoms with Crippen molar-refractivity contribution in [1.82, 2.24) is 0 Å². The van der Waals surface area contributed by atoms with E-state index in [4.69, 9.17) is 4.74 Å². The summed E-state index contributed by atoms with van der Waals surface area (Å²) >= 11 is 0. The summed E-state index contributed by atoms with van der Waals surface area (Å²) < 4.78 is 5.38. The molecule has 1 radical (unpaired) electrons. The molecule has 1 aliphatic rings. The molecule has 0 amide bonds. The number of rotatable bonds is 8. The van der Waals surface area contributed by atoms with Gasteiger partial charge in [0.2, 0.25) is 0 Å². The lowest BCUT2D eigenvalue weighted by Crippen LogP contribution is -2.28. The van der Waals surface area contributed by atoms with Gasteiger partial charge in [-0.15, -0.1) is 0 Å². The Labute approximate surface area is 143 Å². The summed E-state index contributed by atoms with van der Waals surface area (Å²) in [4.78, 5) is 12.0. The summed E-state index contributed by atoms with van der Waals surface area (Å²) in [5, 5.41) is 10.4. The van der Waals surface area contributed by atoms with E-state index in [2.05, 4.69) is 13.8 Å². The van der Waals surface area contributed by atoms with Crippen molar-refractivity contribution in [3.63, 3.8) is 0 Å². The van der Waals surface area contributed by atoms with Crippen LogP contribution in [0.3, 0.4) is 0 Å². The van der Waals surface area contributed by atoms with E-state index in [9.17, 15) is 9.90 Å². The first-order chi connectivity index (χ1) is 10.7. The Bertz CT molecular complexity index is 337. The van der Waals surface area contributed by atoms with Gasteiger partial charge in [0.1, 0.15) is 5.60 Å². The normalized spacial score (nSPS) is 19.6. The van der Waals surface area contributed by atoms with E-state index in [1.807, 2.05) is 20.8 Å². The van der Waals surface area contributed by atoms with Crippen LogP contribution in [0, 0.1) is 24.2 Å². The van der Waals surface area contributed by atoms with Gasteiger partial charge in [0.05, 0.1) is 12.5 Å². The van der Waals surface area contributed by atoms with Crippen LogP contribution >= 0.6 is 0 Å². The van der Waals surface area contributed by atoms with Gasteiger partial charge in [-0.3, -0.25) is 4.79 Å². The number of aliphatic hydroxyl groups excluding tert-OH is 1. The first-order valence-corrected chi connectivity index (χ1v) is 9.43. The van der Waals surface area contributed by atoms with Gasteiger partial charge in [-0.05, 0) is 57.8 Å². The predicted octanol–water partition coefficient (Wildman–Crippen LogP) is 4.92.